The second kappa shape index (κ2) is 5.93. The Hall–Kier alpha value is -2.14. The molecule has 0 aliphatic heterocycles. The second-order valence-electron chi connectivity index (χ2n) is 5.72. The Balaban J connectivity index is 2.09. The lowest BCUT2D eigenvalue weighted by Gasteiger charge is -2.10. The molecule has 0 unspecified atom stereocenters. The van der Waals surface area contributed by atoms with E-state index in [-0.39, 0.29) is 0 Å². The molecule has 0 radical (unpaired) electrons. The van der Waals surface area contributed by atoms with Crippen molar-refractivity contribution in [2.45, 2.75) is 20.8 Å². The third-order valence-corrected chi connectivity index (χ3v) is 3.68. The summed E-state index contributed by atoms with van der Waals surface area (Å²) in [6.45, 7) is 7.19. The fourth-order valence-electron chi connectivity index (χ4n) is 2.27. The number of hydrogen-bond donors (Lipinski definition) is 1. The van der Waals surface area contributed by atoms with Crippen LogP contribution in [-0.2, 0) is 0 Å². The minimum atomic E-state index is 0.537. The van der Waals surface area contributed by atoms with E-state index in [0.29, 0.717) is 10.9 Å². The lowest BCUT2D eigenvalue weighted by atomic mass is 10.2. The van der Waals surface area contributed by atoms with E-state index < -0.39 is 0 Å². The molecule has 22 heavy (non-hydrogen) atoms. The van der Waals surface area contributed by atoms with Crippen LogP contribution < -0.4 is 5.32 Å². The first-order valence-corrected chi connectivity index (χ1v) is 7.63. The summed E-state index contributed by atoms with van der Waals surface area (Å²) in [6.07, 6.45) is 3.35. The molecule has 0 fully saturated rings. The van der Waals surface area contributed by atoms with Gasteiger partial charge in [-0.2, -0.15) is 5.10 Å². The van der Waals surface area contributed by atoms with Gasteiger partial charge < -0.3 is 5.32 Å². The minimum Gasteiger partial charge on any atom is -0.369 e. The van der Waals surface area contributed by atoms with Crippen LogP contribution in [-0.4, -0.2) is 26.3 Å². The van der Waals surface area contributed by atoms with E-state index in [0.717, 1.165) is 34.6 Å². The van der Waals surface area contributed by atoms with Crippen LogP contribution in [0.2, 0.25) is 5.02 Å². The molecule has 2 heterocycles. The summed E-state index contributed by atoms with van der Waals surface area (Å²) in [5.41, 5.74) is 2.78. The topological polar surface area (TPSA) is 55.6 Å². The molecule has 5 nitrogen and oxygen atoms in total. The third kappa shape index (κ3) is 2.76. The van der Waals surface area contributed by atoms with E-state index in [2.05, 4.69) is 34.2 Å². The Morgan fingerprint density at radius 3 is 2.86 bits per heavy atom. The predicted octanol–water partition coefficient (Wildman–Crippen LogP) is 3.85. The number of halogens is 1. The van der Waals surface area contributed by atoms with Crippen molar-refractivity contribution in [2.75, 3.05) is 11.9 Å². The van der Waals surface area contributed by atoms with Crippen molar-refractivity contribution in [3.8, 4) is 5.69 Å². The summed E-state index contributed by atoms with van der Waals surface area (Å²) in [7, 11) is 0. The predicted molar refractivity (Wildman–Crippen MR) is 89.7 cm³/mol. The zero-order valence-corrected chi connectivity index (χ0v) is 13.6. The molecule has 0 amide bonds. The van der Waals surface area contributed by atoms with Crippen LogP contribution in [0.15, 0.2) is 30.7 Å². The molecule has 0 bridgehead atoms. The van der Waals surface area contributed by atoms with E-state index in [1.807, 2.05) is 25.1 Å². The molecule has 6 heteroatoms. The first-order valence-electron chi connectivity index (χ1n) is 7.25. The van der Waals surface area contributed by atoms with Crippen LogP contribution in [0.3, 0.4) is 0 Å². The van der Waals surface area contributed by atoms with Gasteiger partial charge in [0, 0.05) is 11.6 Å². The minimum absolute atomic E-state index is 0.537. The molecule has 0 aliphatic carbocycles. The molecule has 2 aromatic heterocycles. The monoisotopic (exact) mass is 315 g/mol. The molecule has 0 atom stereocenters. The highest BCUT2D eigenvalue weighted by Crippen LogP contribution is 2.25. The highest BCUT2D eigenvalue weighted by atomic mass is 35.5. The van der Waals surface area contributed by atoms with Gasteiger partial charge >= 0.3 is 0 Å². The molecular formula is C16H18ClN5. The van der Waals surface area contributed by atoms with Crippen molar-refractivity contribution in [2.24, 2.45) is 5.92 Å². The van der Waals surface area contributed by atoms with E-state index in [1.54, 1.807) is 17.2 Å². The van der Waals surface area contributed by atoms with E-state index in [9.17, 15) is 0 Å². The first-order chi connectivity index (χ1) is 10.6. The van der Waals surface area contributed by atoms with Gasteiger partial charge in [-0.05, 0) is 30.5 Å². The van der Waals surface area contributed by atoms with Crippen LogP contribution in [0.5, 0.6) is 0 Å². The molecule has 3 rings (SSSR count). The lowest BCUT2D eigenvalue weighted by molar-refractivity contribution is 0.687. The number of rotatable bonds is 4. The number of hydrogen-bond acceptors (Lipinski definition) is 4. The summed E-state index contributed by atoms with van der Waals surface area (Å²) < 4.78 is 1.80. The van der Waals surface area contributed by atoms with Crippen molar-refractivity contribution < 1.29 is 0 Å². The average Bonchev–Trinajstić information content (AvgIpc) is 2.92. The van der Waals surface area contributed by atoms with Crippen molar-refractivity contribution in [3.63, 3.8) is 0 Å². The average molecular weight is 316 g/mol. The van der Waals surface area contributed by atoms with Crippen LogP contribution in [0, 0.1) is 12.8 Å². The number of aromatic nitrogens is 4. The summed E-state index contributed by atoms with van der Waals surface area (Å²) >= 11 is 6.11. The van der Waals surface area contributed by atoms with Gasteiger partial charge in [0.15, 0.2) is 5.65 Å². The Morgan fingerprint density at radius 1 is 1.27 bits per heavy atom. The van der Waals surface area contributed by atoms with Crippen LogP contribution in [0.1, 0.15) is 19.4 Å². The molecule has 1 N–H and O–H groups in total. The Kier molecular flexibility index (Phi) is 3.98. The van der Waals surface area contributed by atoms with Crippen LogP contribution in [0.25, 0.3) is 16.7 Å². The molecule has 0 saturated heterocycles. The number of fused-ring (bicyclic) bond motifs is 1. The number of nitrogens with zero attached hydrogens (tertiary/aromatic N) is 4. The second-order valence-corrected chi connectivity index (χ2v) is 6.16. The number of aryl methyl sites for hydroxylation is 1. The fourth-order valence-corrected chi connectivity index (χ4v) is 2.44. The van der Waals surface area contributed by atoms with Crippen molar-refractivity contribution in [1.82, 2.24) is 19.7 Å². The van der Waals surface area contributed by atoms with Crippen LogP contribution >= 0.6 is 11.6 Å². The first kappa shape index (κ1) is 14.8. The largest absolute Gasteiger partial charge is 0.369 e. The SMILES string of the molecule is Cc1ccc(Cl)cc1-n1ncc2c(NCC(C)C)ncnc21. The van der Waals surface area contributed by atoms with Gasteiger partial charge in [-0.15, -0.1) is 0 Å². The molecule has 3 aromatic rings. The number of anilines is 1. The van der Waals surface area contributed by atoms with Gasteiger partial charge in [0.05, 0.1) is 17.3 Å². The smallest absolute Gasteiger partial charge is 0.168 e. The van der Waals surface area contributed by atoms with Crippen LogP contribution in [0.4, 0.5) is 5.82 Å². The van der Waals surface area contributed by atoms with Crippen molar-refractivity contribution in [1.29, 1.82) is 0 Å². The highest BCUT2D eigenvalue weighted by Gasteiger charge is 2.13. The van der Waals surface area contributed by atoms with Gasteiger partial charge in [0.2, 0.25) is 0 Å². The molecular weight excluding hydrogens is 298 g/mol. The van der Waals surface area contributed by atoms with Gasteiger partial charge in [0.25, 0.3) is 0 Å². The molecule has 114 valence electrons. The van der Waals surface area contributed by atoms with E-state index in [4.69, 9.17) is 11.6 Å². The van der Waals surface area contributed by atoms with Crippen molar-refractivity contribution in [3.05, 3.63) is 41.3 Å². The Labute approximate surface area is 134 Å². The third-order valence-electron chi connectivity index (χ3n) is 3.44. The lowest BCUT2D eigenvalue weighted by Crippen LogP contribution is -2.09. The molecule has 1 aromatic carbocycles. The normalized spacial score (nSPS) is 11.3. The fraction of sp³-hybridized carbons (Fsp3) is 0.312. The number of nitrogens with one attached hydrogen (secondary N) is 1. The maximum atomic E-state index is 6.11. The summed E-state index contributed by atoms with van der Waals surface area (Å²) in [5, 5.41) is 9.40. The van der Waals surface area contributed by atoms with Gasteiger partial charge in [-0.25, -0.2) is 14.6 Å². The summed E-state index contributed by atoms with van der Waals surface area (Å²) in [6, 6.07) is 5.74. The molecule has 0 spiro atoms. The Morgan fingerprint density at radius 2 is 2.09 bits per heavy atom. The maximum absolute atomic E-state index is 6.11. The van der Waals surface area contributed by atoms with Gasteiger partial charge in [-0.1, -0.05) is 31.5 Å². The highest BCUT2D eigenvalue weighted by molar-refractivity contribution is 6.30. The van der Waals surface area contributed by atoms with Gasteiger partial charge in [-0.3, -0.25) is 0 Å². The zero-order chi connectivity index (χ0) is 15.7. The maximum Gasteiger partial charge on any atom is 0.168 e. The Bertz CT molecular complexity index is 809. The summed E-state index contributed by atoms with van der Waals surface area (Å²) in [5.74, 6) is 1.35. The molecule has 0 saturated carbocycles. The standard InChI is InChI=1S/C16H18ClN5/c1-10(2)7-18-15-13-8-21-22(16(13)20-9-19-15)14-6-12(17)5-4-11(14)3/h4-6,8-10H,7H2,1-3H3,(H,18,19,20). The quantitative estimate of drug-likeness (QED) is 0.794. The summed E-state index contributed by atoms with van der Waals surface area (Å²) in [4.78, 5) is 8.71. The number of benzene rings is 1. The van der Waals surface area contributed by atoms with Gasteiger partial charge in [0.1, 0.15) is 12.1 Å². The van der Waals surface area contributed by atoms with E-state index >= 15 is 0 Å². The zero-order valence-electron chi connectivity index (χ0n) is 12.8. The molecule has 0 aliphatic rings. The van der Waals surface area contributed by atoms with Crippen molar-refractivity contribution >= 4 is 28.5 Å². The van der Waals surface area contributed by atoms with E-state index in [1.165, 1.54) is 0 Å².